The highest BCUT2D eigenvalue weighted by Crippen LogP contribution is 2.39. The summed E-state index contributed by atoms with van der Waals surface area (Å²) in [6.07, 6.45) is 3.03. The van der Waals surface area contributed by atoms with Crippen molar-refractivity contribution in [2.24, 2.45) is 4.99 Å². The number of thiazole rings is 1. The van der Waals surface area contributed by atoms with E-state index in [0.29, 0.717) is 71.5 Å². The van der Waals surface area contributed by atoms with Crippen molar-refractivity contribution in [2.75, 3.05) is 20.8 Å². The van der Waals surface area contributed by atoms with Gasteiger partial charge in [-0.05, 0) is 87.6 Å². The minimum Gasteiger partial charge on any atom is -0.496 e. The third kappa shape index (κ3) is 6.90. The fourth-order valence-electron chi connectivity index (χ4n) is 6.02. The maximum absolute atomic E-state index is 14.3. The lowest BCUT2D eigenvalue weighted by atomic mass is 9.93. The minimum atomic E-state index is -0.862. The van der Waals surface area contributed by atoms with Crippen molar-refractivity contribution in [1.82, 2.24) is 4.57 Å². The van der Waals surface area contributed by atoms with Gasteiger partial charge in [-0.15, -0.1) is 0 Å². The molecule has 4 aromatic carbocycles. The molecule has 5 aromatic rings. The van der Waals surface area contributed by atoms with Crippen molar-refractivity contribution in [3.63, 3.8) is 0 Å². The monoisotopic (exact) mass is 760 g/mol. The van der Waals surface area contributed by atoms with E-state index in [2.05, 4.69) is 34.1 Å². The fraction of sp³-hybridized carbons (Fsp3) is 0.237. The molecule has 0 saturated carbocycles. The highest BCUT2D eigenvalue weighted by molar-refractivity contribution is 9.10. The minimum absolute atomic E-state index is 0.171. The van der Waals surface area contributed by atoms with Crippen LogP contribution in [0, 0.1) is 0 Å². The van der Waals surface area contributed by atoms with Gasteiger partial charge in [-0.25, -0.2) is 9.79 Å². The molecule has 1 aromatic heterocycles. The van der Waals surface area contributed by atoms with Crippen LogP contribution in [-0.4, -0.2) is 31.4 Å². The zero-order valence-corrected chi connectivity index (χ0v) is 30.6. The number of aromatic nitrogens is 1. The van der Waals surface area contributed by atoms with Crippen LogP contribution in [0.4, 0.5) is 0 Å². The molecule has 0 N–H and O–H groups in total. The number of halogens is 2. The number of benzene rings is 4. The summed E-state index contributed by atoms with van der Waals surface area (Å²) in [5.74, 6) is 0.996. The van der Waals surface area contributed by atoms with Crippen molar-refractivity contribution < 1.29 is 23.7 Å². The zero-order chi connectivity index (χ0) is 34.7. The lowest BCUT2D eigenvalue weighted by molar-refractivity contribution is -0.139. The summed E-state index contributed by atoms with van der Waals surface area (Å²) in [5.41, 5.74) is 2.86. The molecule has 252 valence electrons. The number of carbonyl (C=O) groups is 1. The van der Waals surface area contributed by atoms with Gasteiger partial charge in [-0.2, -0.15) is 0 Å². The molecule has 0 unspecified atom stereocenters. The Kier molecular flexibility index (Phi) is 10.6. The van der Waals surface area contributed by atoms with Crippen molar-refractivity contribution in [3.8, 4) is 17.2 Å². The van der Waals surface area contributed by atoms with Crippen molar-refractivity contribution in [3.05, 3.63) is 130 Å². The predicted molar refractivity (Wildman–Crippen MR) is 197 cm³/mol. The number of esters is 1. The van der Waals surface area contributed by atoms with E-state index in [-0.39, 0.29) is 12.2 Å². The van der Waals surface area contributed by atoms with Gasteiger partial charge in [0, 0.05) is 10.6 Å². The molecule has 6 rings (SSSR count). The average molecular weight is 762 g/mol. The molecule has 0 aliphatic carbocycles. The number of fused-ring (bicyclic) bond motifs is 2. The molecular formula is C38H34BrClN2O6S. The van der Waals surface area contributed by atoms with Crippen molar-refractivity contribution >= 4 is 61.7 Å². The van der Waals surface area contributed by atoms with Crippen LogP contribution in [0.2, 0.25) is 5.02 Å². The van der Waals surface area contributed by atoms with E-state index in [0.717, 1.165) is 22.8 Å². The first-order valence-corrected chi connectivity index (χ1v) is 17.8. The van der Waals surface area contributed by atoms with Gasteiger partial charge in [0.2, 0.25) is 0 Å². The molecule has 0 radical (unpaired) electrons. The summed E-state index contributed by atoms with van der Waals surface area (Å²) >= 11 is 11.4. The lowest BCUT2D eigenvalue weighted by Crippen LogP contribution is -2.40. The lowest BCUT2D eigenvalue weighted by Gasteiger charge is -2.27. The van der Waals surface area contributed by atoms with Crippen LogP contribution in [0.25, 0.3) is 16.8 Å². The second kappa shape index (κ2) is 15.0. The zero-order valence-electron chi connectivity index (χ0n) is 27.4. The molecule has 8 nitrogen and oxygen atoms in total. The molecular weight excluding hydrogens is 728 g/mol. The van der Waals surface area contributed by atoms with Crippen LogP contribution in [-0.2, 0) is 16.1 Å². The molecule has 0 spiro atoms. The Morgan fingerprint density at radius 3 is 2.55 bits per heavy atom. The van der Waals surface area contributed by atoms with Gasteiger partial charge >= 0.3 is 5.97 Å². The standard InChI is InChI=1S/C38H34BrClN2O6S/c1-5-10-29-33(37(44)47-6-2)34(27-20-25(40)15-16-30(27)45-3)42-36(43)32(49-38(42)41-29)19-22-17-28(39)35(31(18-22)46-4)48-21-24-13-9-12-23-11-7-8-14-26(23)24/h7-9,11-20,34H,5-6,10,21H2,1-4H3/b32-19+/t34-/m1/s1. The van der Waals surface area contributed by atoms with Crippen LogP contribution >= 0.6 is 38.9 Å². The van der Waals surface area contributed by atoms with Crippen LogP contribution in [0.15, 0.2) is 98.3 Å². The van der Waals surface area contributed by atoms with Gasteiger partial charge in [0.25, 0.3) is 5.56 Å². The summed E-state index contributed by atoms with van der Waals surface area (Å²) in [6.45, 7) is 4.26. The number of allylic oxidation sites excluding steroid dienone is 1. The van der Waals surface area contributed by atoms with Gasteiger partial charge in [0.1, 0.15) is 18.4 Å². The van der Waals surface area contributed by atoms with E-state index in [1.54, 1.807) is 38.3 Å². The van der Waals surface area contributed by atoms with E-state index in [4.69, 9.17) is 35.5 Å². The van der Waals surface area contributed by atoms with Gasteiger partial charge in [-0.1, -0.05) is 78.7 Å². The van der Waals surface area contributed by atoms with Gasteiger partial charge in [0.15, 0.2) is 16.3 Å². The number of ether oxygens (including phenoxy) is 4. The number of hydrogen-bond donors (Lipinski definition) is 0. The Morgan fingerprint density at radius 1 is 1.02 bits per heavy atom. The molecule has 11 heteroatoms. The Balaban J connectivity index is 1.45. The van der Waals surface area contributed by atoms with E-state index >= 15 is 0 Å². The molecule has 1 aliphatic heterocycles. The molecule has 0 fully saturated rings. The molecule has 0 saturated heterocycles. The average Bonchev–Trinajstić information content (AvgIpc) is 3.40. The van der Waals surface area contributed by atoms with Crippen molar-refractivity contribution in [1.29, 1.82) is 0 Å². The Hall–Kier alpha value is -4.38. The third-order valence-corrected chi connectivity index (χ3v) is 9.99. The van der Waals surface area contributed by atoms with Crippen LogP contribution < -0.4 is 29.1 Å². The van der Waals surface area contributed by atoms with Gasteiger partial charge < -0.3 is 18.9 Å². The van der Waals surface area contributed by atoms with E-state index in [9.17, 15) is 9.59 Å². The number of methoxy groups -OCH3 is 2. The second-order valence-corrected chi connectivity index (χ2v) is 13.6. The van der Waals surface area contributed by atoms with Crippen LogP contribution in [0.3, 0.4) is 0 Å². The maximum atomic E-state index is 14.3. The molecule has 1 atom stereocenters. The fourth-order valence-corrected chi connectivity index (χ4v) is 7.79. The largest absolute Gasteiger partial charge is 0.496 e. The van der Waals surface area contributed by atoms with E-state index < -0.39 is 12.0 Å². The first kappa shape index (κ1) is 34.5. The SMILES string of the molecule is CCCC1=C(C(=O)OCC)[C@@H](c2cc(Cl)ccc2OC)n2c(s/c(=C/c3cc(Br)c(OCc4cccc5ccccc45)c(OC)c3)c2=O)=N1. The molecule has 0 amide bonds. The smallest absolute Gasteiger partial charge is 0.338 e. The summed E-state index contributed by atoms with van der Waals surface area (Å²) in [7, 11) is 3.12. The highest BCUT2D eigenvalue weighted by Gasteiger charge is 2.36. The Labute approximate surface area is 301 Å². The molecule has 0 bridgehead atoms. The molecule has 49 heavy (non-hydrogen) atoms. The summed E-state index contributed by atoms with van der Waals surface area (Å²) in [5, 5.41) is 2.70. The topological polar surface area (TPSA) is 88.4 Å². The number of rotatable bonds is 11. The first-order chi connectivity index (χ1) is 23.8. The number of carbonyl (C=O) groups excluding carboxylic acids is 1. The second-order valence-electron chi connectivity index (χ2n) is 11.3. The van der Waals surface area contributed by atoms with Crippen LogP contribution in [0.1, 0.15) is 49.4 Å². The Morgan fingerprint density at radius 2 is 1.80 bits per heavy atom. The van der Waals surface area contributed by atoms with Crippen LogP contribution in [0.5, 0.6) is 17.2 Å². The predicted octanol–water partition coefficient (Wildman–Crippen LogP) is 7.74. The molecule has 2 heterocycles. The quantitative estimate of drug-likeness (QED) is 0.128. The molecule has 1 aliphatic rings. The Bertz CT molecular complexity index is 2270. The summed E-state index contributed by atoms with van der Waals surface area (Å²) < 4.78 is 25.9. The summed E-state index contributed by atoms with van der Waals surface area (Å²) in [6, 6.07) is 22.3. The normalized spacial score (nSPS) is 14.4. The summed E-state index contributed by atoms with van der Waals surface area (Å²) in [4.78, 5) is 33.2. The maximum Gasteiger partial charge on any atom is 0.338 e. The van der Waals surface area contributed by atoms with E-state index in [1.165, 1.54) is 23.0 Å². The number of hydrogen-bond acceptors (Lipinski definition) is 8. The first-order valence-electron chi connectivity index (χ1n) is 15.8. The highest BCUT2D eigenvalue weighted by atomic mass is 79.9. The van der Waals surface area contributed by atoms with E-state index in [1.807, 2.05) is 43.3 Å². The van der Waals surface area contributed by atoms with Crippen molar-refractivity contribution in [2.45, 2.75) is 39.3 Å². The van der Waals surface area contributed by atoms with Gasteiger partial charge in [0.05, 0.1) is 41.1 Å². The number of nitrogens with zero attached hydrogens (tertiary/aromatic N) is 2. The van der Waals surface area contributed by atoms with Gasteiger partial charge in [-0.3, -0.25) is 9.36 Å². The third-order valence-electron chi connectivity index (χ3n) is 8.18.